The number of fused-ring (bicyclic) bond motifs is 1. The van der Waals surface area contributed by atoms with E-state index in [2.05, 4.69) is 26.9 Å². The zero-order valence-electron chi connectivity index (χ0n) is 19.2. The number of rotatable bonds is 4. The fourth-order valence-electron chi connectivity index (χ4n) is 4.85. The number of amides is 1. The highest BCUT2D eigenvalue weighted by Gasteiger charge is 2.26. The largest absolute Gasteiger partial charge is 0.350 e. The molecule has 1 amide bonds. The van der Waals surface area contributed by atoms with Crippen molar-refractivity contribution in [1.29, 1.82) is 0 Å². The molecule has 0 spiro atoms. The van der Waals surface area contributed by atoms with E-state index in [-0.39, 0.29) is 17.5 Å². The van der Waals surface area contributed by atoms with Crippen molar-refractivity contribution in [3.05, 3.63) is 76.0 Å². The van der Waals surface area contributed by atoms with E-state index < -0.39 is 0 Å². The van der Waals surface area contributed by atoms with E-state index in [1.54, 1.807) is 21.5 Å². The summed E-state index contributed by atoms with van der Waals surface area (Å²) in [7, 11) is 2.01. The topological polar surface area (TPSA) is 78.0 Å². The highest BCUT2D eigenvalue weighted by atomic mass is 16.2. The van der Waals surface area contributed by atoms with E-state index in [1.165, 1.54) is 0 Å². The molecule has 0 bridgehead atoms. The molecule has 0 N–H and O–H groups in total. The minimum atomic E-state index is -0.124. The monoisotopic (exact) mass is 444 g/mol. The van der Waals surface area contributed by atoms with E-state index in [9.17, 15) is 9.59 Å². The molecule has 33 heavy (non-hydrogen) atoms. The molecule has 4 aromatic rings. The molecule has 0 saturated carbocycles. The molecule has 0 radical (unpaired) electrons. The first-order valence-corrected chi connectivity index (χ1v) is 11.3. The highest BCUT2D eigenvalue weighted by molar-refractivity contribution is 5.89. The molecule has 3 aromatic heterocycles. The van der Waals surface area contributed by atoms with Crippen molar-refractivity contribution >= 4 is 16.8 Å². The molecule has 1 fully saturated rings. The first kappa shape index (κ1) is 21.2. The Morgan fingerprint density at radius 2 is 1.82 bits per heavy atom. The Labute approximate surface area is 192 Å². The fourth-order valence-corrected chi connectivity index (χ4v) is 4.85. The van der Waals surface area contributed by atoms with Crippen LogP contribution in [0.4, 0.5) is 0 Å². The summed E-state index contributed by atoms with van der Waals surface area (Å²) >= 11 is 0. The zero-order chi connectivity index (χ0) is 23.1. The summed E-state index contributed by atoms with van der Waals surface area (Å²) < 4.78 is 5.39. The number of likely N-dealkylation sites (tertiary alicyclic amines) is 1. The van der Waals surface area contributed by atoms with E-state index in [4.69, 9.17) is 0 Å². The average Bonchev–Trinajstić information content (AvgIpc) is 3.32. The Kier molecular flexibility index (Phi) is 5.36. The number of hydrogen-bond donors (Lipinski definition) is 0. The average molecular weight is 445 g/mol. The van der Waals surface area contributed by atoms with Gasteiger partial charge in [0.2, 0.25) is 5.91 Å². The van der Waals surface area contributed by atoms with Crippen molar-refractivity contribution in [3.63, 3.8) is 0 Å². The van der Waals surface area contributed by atoms with Crippen LogP contribution in [-0.4, -0.2) is 48.0 Å². The molecule has 4 heterocycles. The lowest BCUT2D eigenvalue weighted by molar-refractivity contribution is -0.131. The van der Waals surface area contributed by atoms with E-state index in [1.807, 2.05) is 50.2 Å². The van der Waals surface area contributed by atoms with Gasteiger partial charge in [-0.25, -0.2) is 9.36 Å². The third-order valence-electron chi connectivity index (χ3n) is 6.52. The van der Waals surface area contributed by atoms with Gasteiger partial charge in [0.05, 0.1) is 18.2 Å². The lowest BCUT2D eigenvalue weighted by atomic mass is 10.0. The molecule has 170 valence electrons. The van der Waals surface area contributed by atoms with Crippen LogP contribution in [0.1, 0.15) is 35.8 Å². The lowest BCUT2D eigenvalue weighted by Crippen LogP contribution is -2.42. The smallest absolute Gasteiger partial charge is 0.267 e. The van der Waals surface area contributed by atoms with Crippen molar-refractivity contribution in [2.24, 2.45) is 7.05 Å². The summed E-state index contributed by atoms with van der Waals surface area (Å²) in [4.78, 5) is 27.5. The maximum absolute atomic E-state index is 13.0. The van der Waals surface area contributed by atoms with Gasteiger partial charge in [-0.1, -0.05) is 18.2 Å². The molecular weight excluding hydrogens is 416 g/mol. The Hall–Kier alpha value is -3.68. The number of para-hydroxylation sites is 1. The van der Waals surface area contributed by atoms with Crippen molar-refractivity contribution in [2.75, 3.05) is 13.1 Å². The molecule has 1 aliphatic rings. The van der Waals surface area contributed by atoms with Gasteiger partial charge < -0.3 is 9.47 Å². The van der Waals surface area contributed by atoms with Crippen LogP contribution in [0.15, 0.2) is 53.5 Å². The molecule has 0 aliphatic carbocycles. The molecule has 8 nitrogen and oxygen atoms in total. The molecule has 1 aromatic carbocycles. The van der Waals surface area contributed by atoms with E-state index in [0.29, 0.717) is 38.2 Å². The molecule has 0 atom stereocenters. The van der Waals surface area contributed by atoms with Crippen LogP contribution in [0.3, 0.4) is 0 Å². The number of aryl methyl sites for hydroxylation is 3. The van der Waals surface area contributed by atoms with Gasteiger partial charge in [0, 0.05) is 49.0 Å². The SMILES string of the molecule is Cc1cc(C)n(-c2ccc(=O)n(C3CCN(C(=O)Cc4cn(C)c5ccccc45)CC3)n2)n1. The number of aromatic nitrogens is 5. The van der Waals surface area contributed by atoms with Crippen LogP contribution >= 0.6 is 0 Å². The molecule has 1 aliphatic heterocycles. The Morgan fingerprint density at radius 1 is 1.06 bits per heavy atom. The van der Waals surface area contributed by atoms with Gasteiger partial charge in [-0.3, -0.25) is 9.59 Å². The molecular formula is C25H28N6O2. The van der Waals surface area contributed by atoms with Gasteiger partial charge in [-0.15, -0.1) is 5.10 Å². The normalized spacial score (nSPS) is 14.8. The zero-order valence-corrected chi connectivity index (χ0v) is 19.2. The summed E-state index contributed by atoms with van der Waals surface area (Å²) in [6, 6.07) is 13.4. The van der Waals surface area contributed by atoms with Crippen LogP contribution in [0.25, 0.3) is 16.7 Å². The molecule has 8 heteroatoms. The lowest BCUT2D eigenvalue weighted by Gasteiger charge is -2.32. The number of carbonyl (C=O) groups excluding carboxylic acids is 1. The van der Waals surface area contributed by atoms with Crippen LogP contribution in [0.5, 0.6) is 0 Å². The van der Waals surface area contributed by atoms with Gasteiger partial charge in [-0.2, -0.15) is 5.10 Å². The number of nitrogens with zero attached hydrogens (tertiary/aromatic N) is 6. The third kappa shape index (κ3) is 3.97. The Morgan fingerprint density at radius 3 is 2.55 bits per heavy atom. The fraction of sp³-hybridized carbons (Fsp3) is 0.360. The summed E-state index contributed by atoms with van der Waals surface area (Å²) in [5, 5.41) is 10.2. The minimum Gasteiger partial charge on any atom is -0.350 e. The van der Waals surface area contributed by atoms with Crippen LogP contribution in [0, 0.1) is 13.8 Å². The van der Waals surface area contributed by atoms with Gasteiger partial charge in [0.15, 0.2) is 5.82 Å². The predicted octanol–water partition coefficient (Wildman–Crippen LogP) is 2.94. The van der Waals surface area contributed by atoms with Crippen molar-refractivity contribution in [3.8, 4) is 5.82 Å². The van der Waals surface area contributed by atoms with E-state index >= 15 is 0 Å². The van der Waals surface area contributed by atoms with E-state index in [0.717, 1.165) is 27.9 Å². The maximum Gasteiger partial charge on any atom is 0.267 e. The van der Waals surface area contributed by atoms with Crippen molar-refractivity contribution in [1.82, 2.24) is 29.0 Å². The summed E-state index contributed by atoms with van der Waals surface area (Å²) in [6.07, 6.45) is 3.84. The summed E-state index contributed by atoms with van der Waals surface area (Å²) in [5.74, 6) is 0.760. The molecule has 1 saturated heterocycles. The second-order valence-electron chi connectivity index (χ2n) is 8.88. The van der Waals surface area contributed by atoms with Gasteiger partial charge >= 0.3 is 0 Å². The van der Waals surface area contributed by atoms with Crippen LogP contribution in [0.2, 0.25) is 0 Å². The first-order chi connectivity index (χ1) is 15.9. The first-order valence-electron chi connectivity index (χ1n) is 11.3. The molecule has 0 unspecified atom stereocenters. The predicted molar refractivity (Wildman–Crippen MR) is 127 cm³/mol. The maximum atomic E-state index is 13.0. The van der Waals surface area contributed by atoms with Gasteiger partial charge in [0.1, 0.15) is 0 Å². The Balaban J connectivity index is 1.29. The van der Waals surface area contributed by atoms with Gasteiger partial charge in [-0.05, 0) is 50.5 Å². The summed E-state index contributed by atoms with van der Waals surface area (Å²) in [6.45, 7) is 5.14. The summed E-state index contributed by atoms with van der Waals surface area (Å²) in [5.41, 5.74) is 3.94. The number of hydrogen-bond acceptors (Lipinski definition) is 4. The van der Waals surface area contributed by atoms with Crippen molar-refractivity contribution in [2.45, 2.75) is 39.2 Å². The number of carbonyl (C=O) groups is 1. The second kappa shape index (κ2) is 8.35. The third-order valence-corrected chi connectivity index (χ3v) is 6.52. The number of benzene rings is 1. The van der Waals surface area contributed by atoms with Crippen molar-refractivity contribution < 1.29 is 4.79 Å². The molecule has 5 rings (SSSR count). The van der Waals surface area contributed by atoms with Crippen LogP contribution in [-0.2, 0) is 18.3 Å². The highest BCUT2D eigenvalue weighted by Crippen LogP contribution is 2.24. The van der Waals surface area contributed by atoms with Crippen LogP contribution < -0.4 is 5.56 Å². The number of piperidine rings is 1. The Bertz CT molecular complexity index is 1390. The minimum absolute atomic E-state index is 0.0315. The standard InChI is InChI=1S/C25H28N6O2/c1-17-14-18(2)30(26-17)23-8-9-24(32)31(27-23)20-10-12-29(13-11-20)25(33)15-19-16-28(3)22-7-5-4-6-21(19)22/h4-9,14,16,20H,10-13,15H2,1-3H3. The quantitative estimate of drug-likeness (QED) is 0.485. The second-order valence-corrected chi connectivity index (χ2v) is 8.88. The van der Waals surface area contributed by atoms with Gasteiger partial charge in [0.25, 0.3) is 5.56 Å².